The van der Waals surface area contributed by atoms with Gasteiger partial charge in [-0.2, -0.15) is 12.6 Å². The number of benzene rings is 3. The van der Waals surface area contributed by atoms with Crippen LogP contribution in [-0.2, 0) is 19.1 Å². The van der Waals surface area contributed by atoms with E-state index in [1.165, 1.54) is 0 Å². The Morgan fingerprint density at radius 3 is 1.76 bits per heavy atom. The molecule has 272 valence electrons. The van der Waals surface area contributed by atoms with Crippen LogP contribution in [-0.4, -0.2) is 48.1 Å². The molecule has 0 bridgehead atoms. The van der Waals surface area contributed by atoms with Crippen LogP contribution in [0.4, 0.5) is 0 Å². The zero-order valence-corrected chi connectivity index (χ0v) is 33.9. The largest absolute Gasteiger partial charge is 0.465 e. The van der Waals surface area contributed by atoms with Crippen molar-refractivity contribution in [3.8, 4) is 11.1 Å². The van der Waals surface area contributed by atoms with Gasteiger partial charge in [-0.25, -0.2) is 0 Å². The first kappa shape index (κ1) is 47.8. The first-order valence-corrected chi connectivity index (χ1v) is 18.2. The van der Waals surface area contributed by atoms with E-state index < -0.39 is 0 Å². The highest BCUT2D eigenvalue weighted by Gasteiger charge is 2.14. The molecule has 3 aromatic carbocycles. The van der Waals surface area contributed by atoms with E-state index >= 15 is 0 Å². The zero-order chi connectivity index (χ0) is 37.9. The van der Waals surface area contributed by atoms with Crippen LogP contribution in [0.15, 0.2) is 71.9 Å². The normalized spacial score (nSPS) is 10.7. The molecule has 0 spiro atoms. The third kappa shape index (κ3) is 19.4. The summed E-state index contributed by atoms with van der Waals surface area (Å²) in [5, 5.41) is 4.46. The van der Waals surface area contributed by atoms with Crippen LogP contribution >= 0.6 is 24.8 Å². The lowest BCUT2D eigenvalue weighted by Gasteiger charge is -2.13. The number of ketones is 1. The van der Waals surface area contributed by atoms with Crippen LogP contribution in [0.3, 0.4) is 0 Å². The highest BCUT2D eigenvalue weighted by Crippen LogP contribution is 2.30. The number of oxime groups is 1. The van der Waals surface area contributed by atoms with E-state index in [1.54, 1.807) is 14.0 Å². The van der Waals surface area contributed by atoms with Crippen molar-refractivity contribution < 1.29 is 23.9 Å². The average Bonchev–Trinajstić information content (AvgIpc) is 3.13. The molecule has 0 fully saturated rings. The molecular weight excluding hydrogens is 651 g/mol. The van der Waals surface area contributed by atoms with Gasteiger partial charge in [-0.05, 0) is 105 Å². The van der Waals surface area contributed by atoms with E-state index in [2.05, 4.69) is 43.8 Å². The minimum Gasteiger partial charge on any atom is -0.465 e. The van der Waals surface area contributed by atoms with Crippen molar-refractivity contribution in [2.45, 2.75) is 102 Å². The van der Waals surface area contributed by atoms with Gasteiger partial charge < -0.3 is 14.3 Å². The Bertz CT molecular complexity index is 1400. The molecule has 0 aliphatic rings. The molecule has 49 heavy (non-hydrogen) atoms. The Morgan fingerprint density at radius 2 is 1.31 bits per heavy atom. The van der Waals surface area contributed by atoms with E-state index in [0.29, 0.717) is 28.9 Å². The number of ether oxygens (including phenoxy) is 2. The van der Waals surface area contributed by atoms with Crippen LogP contribution < -0.4 is 0 Å². The highest BCUT2D eigenvalue weighted by molar-refractivity contribution is 7.80. The number of thiol groups is 1. The molecule has 1 unspecified atom stereocenters. The maximum Gasteiger partial charge on any atom is 0.308 e. The molecule has 0 aliphatic heterocycles. The van der Waals surface area contributed by atoms with Crippen molar-refractivity contribution in [1.82, 2.24) is 0 Å². The maximum absolute atomic E-state index is 12.9. The van der Waals surface area contributed by atoms with Crippen molar-refractivity contribution in [2.75, 3.05) is 19.5 Å². The van der Waals surface area contributed by atoms with Crippen LogP contribution in [0.2, 0.25) is 0 Å². The van der Waals surface area contributed by atoms with E-state index in [9.17, 15) is 9.59 Å². The van der Waals surface area contributed by atoms with Gasteiger partial charge in [-0.15, -0.1) is 0 Å². The molecule has 8 heteroatoms. The Balaban J connectivity index is 0. The predicted octanol–water partition coefficient (Wildman–Crippen LogP) is 11.3. The molecule has 0 saturated carbocycles. The lowest BCUT2D eigenvalue weighted by atomic mass is 9.91. The SMILES string of the molecule is CC.CC.CC(=S)O/N=C(/C)c1ccc(C)c(-c2cc(C(=O)c3ccccc3)ccc2C)c1.CCC(C)C(=O)OCCCS.COC(C)C. The van der Waals surface area contributed by atoms with Gasteiger partial charge >= 0.3 is 5.97 Å². The second-order valence-electron chi connectivity index (χ2n) is 10.9. The molecule has 6 nitrogen and oxygen atoms in total. The number of thiocarbonyl (C=S) groups is 1. The molecule has 3 rings (SSSR count). The summed E-state index contributed by atoms with van der Waals surface area (Å²) < 4.78 is 9.70. The number of hydrogen-bond acceptors (Lipinski definition) is 8. The number of carbonyl (C=O) groups is 2. The third-order valence-corrected chi connectivity index (χ3v) is 7.22. The van der Waals surface area contributed by atoms with Gasteiger partial charge in [-0.3, -0.25) is 9.59 Å². The van der Waals surface area contributed by atoms with Crippen molar-refractivity contribution in [3.63, 3.8) is 0 Å². The summed E-state index contributed by atoms with van der Waals surface area (Å²) in [4.78, 5) is 29.0. The van der Waals surface area contributed by atoms with Crippen LogP contribution in [0.1, 0.15) is 115 Å². The van der Waals surface area contributed by atoms with Gasteiger partial charge in [0.2, 0.25) is 0 Å². The highest BCUT2D eigenvalue weighted by atomic mass is 32.1. The zero-order valence-electron chi connectivity index (χ0n) is 32.2. The average molecular weight is 712 g/mol. The Labute approximate surface area is 308 Å². The smallest absolute Gasteiger partial charge is 0.308 e. The molecule has 3 aromatic rings. The number of methoxy groups -OCH3 is 1. The van der Waals surface area contributed by atoms with Gasteiger partial charge in [0.1, 0.15) is 0 Å². The topological polar surface area (TPSA) is 74.2 Å². The molecule has 0 N–H and O–H groups in total. The van der Waals surface area contributed by atoms with Crippen LogP contribution in [0.25, 0.3) is 11.1 Å². The van der Waals surface area contributed by atoms with Gasteiger partial charge in [0.25, 0.3) is 0 Å². The Morgan fingerprint density at radius 1 is 0.816 bits per heavy atom. The number of carbonyl (C=O) groups excluding carboxylic acids is 2. The summed E-state index contributed by atoms with van der Waals surface area (Å²) in [5.41, 5.74) is 7.37. The standard InChI is InChI=1S/C25H23NO2S.C8H16O2S.C4H10O.2C2H6/c1-16-10-12-21(18(3)26-28-19(4)29)14-23(16)24-15-22(13-11-17(24)2)25(27)20-8-6-5-7-9-20;1-3-7(2)8(9)10-5-4-6-11;1-4(2)5-3;2*1-2/h5-15H,1-4H3;7,11H,3-6H2,1-2H3;4H,1-3H3;2*1-2H3/b26-18-;;;;. The van der Waals surface area contributed by atoms with Crippen molar-refractivity contribution in [1.29, 1.82) is 0 Å². The van der Waals surface area contributed by atoms with E-state index in [0.717, 1.165) is 52.1 Å². The summed E-state index contributed by atoms with van der Waals surface area (Å²) in [5.74, 6) is 0.737. The second-order valence-corrected chi connectivity index (χ2v) is 11.9. The first-order valence-electron chi connectivity index (χ1n) is 17.2. The van der Waals surface area contributed by atoms with Crippen molar-refractivity contribution in [2.24, 2.45) is 11.1 Å². The van der Waals surface area contributed by atoms with E-state index in [-0.39, 0.29) is 17.7 Å². The van der Waals surface area contributed by atoms with Gasteiger partial charge in [0, 0.05) is 25.2 Å². The quantitative estimate of drug-likeness (QED) is 0.0406. The summed E-state index contributed by atoms with van der Waals surface area (Å²) in [6, 6.07) is 21.3. The minimum absolute atomic E-state index is 0.0169. The summed E-state index contributed by atoms with van der Waals surface area (Å²) in [7, 11) is 1.70. The fourth-order valence-corrected chi connectivity index (χ4v) is 3.84. The monoisotopic (exact) mass is 711 g/mol. The molecule has 0 saturated heterocycles. The molecule has 0 amide bonds. The number of rotatable bonds is 11. The molecule has 1 atom stereocenters. The number of aryl methyl sites for hydroxylation is 2. The second kappa shape index (κ2) is 28.5. The number of hydrogen-bond donors (Lipinski definition) is 1. The van der Waals surface area contributed by atoms with Crippen LogP contribution in [0, 0.1) is 19.8 Å². The lowest BCUT2D eigenvalue weighted by molar-refractivity contribution is -0.147. The molecule has 0 aromatic heterocycles. The Kier molecular flexibility index (Phi) is 27.8. The molecule has 0 heterocycles. The Hall–Kier alpha value is -3.33. The van der Waals surface area contributed by atoms with Gasteiger partial charge in [0.05, 0.1) is 24.3 Å². The summed E-state index contributed by atoms with van der Waals surface area (Å²) in [6.07, 6.45) is 2.07. The summed E-state index contributed by atoms with van der Waals surface area (Å²) >= 11 is 8.93. The number of esters is 1. The molecular formula is C41H61NO5S2. The first-order chi connectivity index (χ1) is 23.4. The van der Waals surface area contributed by atoms with Crippen molar-refractivity contribution in [3.05, 3.63) is 94.5 Å². The van der Waals surface area contributed by atoms with Gasteiger partial charge in [-0.1, -0.05) is 101 Å². The van der Waals surface area contributed by atoms with E-state index in [1.807, 2.05) is 117 Å². The number of nitrogens with zero attached hydrogens (tertiary/aromatic N) is 1. The fraction of sp³-hybridized carbons (Fsp3) is 0.463. The van der Waals surface area contributed by atoms with E-state index in [4.69, 9.17) is 26.5 Å². The third-order valence-electron chi connectivity index (χ3n) is 6.83. The molecule has 0 radical (unpaired) electrons. The minimum atomic E-state index is -0.0886. The summed E-state index contributed by atoms with van der Waals surface area (Å²) in [6.45, 7) is 24.0. The fourth-order valence-electron chi connectivity index (χ4n) is 3.68. The maximum atomic E-state index is 12.9. The van der Waals surface area contributed by atoms with Crippen LogP contribution in [0.5, 0.6) is 0 Å². The predicted molar refractivity (Wildman–Crippen MR) is 217 cm³/mol. The van der Waals surface area contributed by atoms with Crippen molar-refractivity contribution >= 4 is 47.4 Å². The molecule has 0 aliphatic carbocycles. The lowest BCUT2D eigenvalue weighted by Crippen LogP contribution is -2.14. The van der Waals surface area contributed by atoms with Gasteiger partial charge in [0.15, 0.2) is 10.8 Å².